The fourth-order valence-corrected chi connectivity index (χ4v) is 1.85. The molecule has 0 saturated carbocycles. The van der Waals surface area contributed by atoms with E-state index in [4.69, 9.17) is 5.11 Å². The van der Waals surface area contributed by atoms with Crippen LogP contribution >= 0.6 is 0 Å². The standard InChI is InChI=1S/C16H21NO3/c1-11(2)10-14(16(19)20)17-15(18)9-8-13-7-5-4-6-12(13)3/h4-9,11,14H,10H2,1-3H3,(H,17,18)(H,19,20)/t14-/m1/s1. The van der Waals surface area contributed by atoms with Gasteiger partial charge in [-0.05, 0) is 36.5 Å². The molecule has 0 aliphatic carbocycles. The van der Waals surface area contributed by atoms with Gasteiger partial charge in [0.25, 0.3) is 0 Å². The lowest BCUT2D eigenvalue weighted by Gasteiger charge is -2.15. The number of carboxylic acid groups (broad SMARTS) is 1. The van der Waals surface area contributed by atoms with Crippen molar-refractivity contribution < 1.29 is 14.7 Å². The summed E-state index contributed by atoms with van der Waals surface area (Å²) in [6, 6.07) is 6.83. The lowest BCUT2D eigenvalue weighted by Crippen LogP contribution is -2.40. The quantitative estimate of drug-likeness (QED) is 0.784. The highest BCUT2D eigenvalue weighted by Gasteiger charge is 2.19. The largest absolute Gasteiger partial charge is 0.480 e. The van der Waals surface area contributed by atoms with Crippen LogP contribution in [0.1, 0.15) is 31.4 Å². The lowest BCUT2D eigenvalue weighted by atomic mass is 10.0. The summed E-state index contributed by atoms with van der Waals surface area (Å²) >= 11 is 0. The molecule has 0 aliphatic heterocycles. The number of hydrogen-bond acceptors (Lipinski definition) is 2. The Morgan fingerprint density at radius 2 is 1.95 bits per heavy atom. The zero-order valence-electron chi connectivity index (χ0n) is 12.1. The van der Waals surface area contributed by atoms with Crippen molar-refractivity contribution in [3.63, 3.8) is 0 Å². The van der Waals surface area contributed by atoms with Crippen molar-refractivity contribution in [2.45, 2.75) is 33.2 Å². The summed E-state index contributed by atoms with van der Waals surface area (Å²) in [6.07, 6.45) is 3.48. The van der Waals surface area contributed by atoms with Gasteiger partial charge in [-0.2, -0.15) is 0 Å². The normalized spacial score (nSPS) is 12.6. The molecule has 0 aromatic heterocycles. The highest BCUT2D eigenvalue weighted by Crippen LogP contribution is 2.09. The van der Waals surface area contributed by atoms with E-state index in [9.17, 15) is 9.59 Å². The SMILES string of the molecule is Cc1ccccc1C=CC(=O)N[C@H](CC(C)C)C(=O)O. The molecular formula is C16H21NO3. The van der Waals surface area contributed by atoms with Gasteiger partial charge in [-0.3, -0.25) is 4.79 Å². The Morgan fingerprint density at radius 3 is 2.50 bits per heavy atom. The predicted molar refractivity (Wildman–Crippen MR) is 79.2 cm³/mol. The van der Waals surface area contributed by atoms with E-state index in [1.807, 2.05) is 45.0 Å². The molecule has 1 amide bonds. The van der Waals surface area contributed by atoms with E-state index in [0.717, 1.165) is 11.1 Å². The minimum Gasteiger partial charge on any atom is -0.480 e. The molecule has 0 unspecified atom stereocenters. The van der Waals surface area contributed by atoms with Crippen LogP contribution in [0.2, 0.25) is 0 Å². The van der Waals surface area contributed by atoms with Gasteiger partial charge in [-0.25, -0.2) is 4.79 Å². The number of hydrogen-bond donors (Lipinski definition) is 2. The molecular weight excluding hydrogens is 254 g/mol. The van der Waals surface area contributed by atoms with Crippen molar-refractivity contribution in [1.29, 1.82) is 0 Å². The molecule has 4 nitrogen and oxygen atoms in total. The summed E-state index contributed by atoms with van der Waals surface area (Å²) < 4.78 is 0. The van der Waals surface area contributed by atoms with Crippen molar-refractivity contribution in [1.82, 2.24) is 5.32 Å². The number of carbonyl (C=O) groups is 2. The van der Waals surface area contributed by atoms with E-state index < -0.39 is 12.0 Å². The second-order valence-electron chi connectivity index (χ2n) is 5.22. The average Bonchev–Trinajstić information content (AvgIpc) is 2.36. The molecule has 0 aliphatic rings. The summed E-state index contributed by atoms with van der Waals surface area (Å²) in [5.41, 5.74) is 2.01. The Hall–Kier alpha value is -2.10. The molecule has 0 bridgehead atoms. The van der Waals surface area contributed by atoms with Gasteiger partial charge in [-0.15, -0.1) is 0 Å². The summed E-state index contributed by atoms with van der Waals surface area (Å²) in [6.45, 7) is 5.80. The van der Waals surface area contributed by atoms with Crippen LogP contribution in [0.3, 0.4) is 0 Å². The summed E-state index contributed by atoms with van der Waals surface area (Å²) in [7, 11) is 0. The zero-order valence-corrected chi connectivity index (χ0v) is 12.1. The van der Waals surface area contributed by atoms with E-state index in [1.165, 1.54) is 6.08 Å². The Morgan fingerprint density at radius 1 is 1.30 bits per heavy atom. The number of rotatable bonds is 6. The molecule has 1 atom stereocenters. The van der Waals surface area contributed by atoms with Crippen LogP contribution in [-0.2, 0) is 9.59 Å². The van der Waals surface area contributed by atoms with E-state index in [0.29, 0.717) is 6.42 Å². The fourth-order valence-electron chi connectivity index (χ4n) is 1.85. The first kappa shape index (κ1) is 16.0. The molecule has 20 heavy (non-hydrogen) atoms. The van der Waals surface area contributed by atoms with Crippen LogP contribution in [0.25, 0.3) is 6.08 Å². The van der Waals surface area contributed by atoms with Crippen LogP contribution in [0, 0.1) is 12.8 Å². The molecule has 2 N–H and O–H groups in total. The number of nitrogens with one attached hydrogen (secondary N) is 1. The number of carboxylic acids is 1. The zero-order chi connectivity index (χ0) is 15.1. The van der Waals surface area contributed by atoms with Gasteiger partial charge in [-0.1, -0.05) is 38.1 Å². The number of aryl methyl sites for hydroxylation is 1. The molecule has 0 spiro atoms. The van der Waals surface area contributed by atoms with Crippen molar-refractivity contribution in [2.75, 3.05) is 0 Å². The topological polar surface area (TPSA) is 66.4 Å². The van der Waals surface area contributed by atoms with Gasteiger partial charge in [0, 0.05) is 6.08 Å². The number of aliphatic carboxylic acids is 1. The summed E-state index contributed by atoms with van der Waals surface area (Å²) in [4.78, 5) is 22.8. The Labute approximate surface area is 119 Å². The van der Waals surface area contributed by atoms with E-state index in [-0.39, 0.29) is 11.8 Å². The molecule has 1 aromatic rings. The highest BCUT2D eigenvalue weighted by atomic mass is 16.4. The van der Waals surface area contributed by atoms with Crippen LogP contribution < -0.4 is 5.32 Å². The van der Waals surface area contributed by atoms with Gasteiger partial charge < -0.3 is 10.4 Å². The van der Waals surface area contributed by atoms with E-state index in [1.54, 1.807) is 6.08 Å². The third-order valence-corrected chi connectivity index (χ3v) is 2.92. The van der Waals surface area contributed by atoms with Gasteiger partial charge in [0.1, 0.15) is 6.04 Å². The van der Waals surface area contributed by atoms with Crippen LogP contribution in [0.4, 0.5) is 0 Å². The summed E-state index contributed by atoms with van der Waals surface area (Å²) in [5.74, 6) is -1.19. The first-order valence-electron chi connectivity index (χ1n) is 6.67. The first-order valence-corrected chi connectivity index (χ1v) is 6.67. The molecule has 0 heterocycles. The maximum atomic E-state index is 11.8. The Kier molecular flexibility index (Phi) is 5.97. The second kappa shape index (κ2) is 7.48. The minimum absolute atomic E-state index is 0.205. The first-order chi connectivity index (χ1) is 9.40. The maximum absolute atomic E-state index is 11.8. The third kappa shape index (κ3) is 5.26. The smallest absolute Gasteiger partial charge is 0.326 e. The van der Waals surface area contributed by atoms with Gasteiger partial charge in [0.15, 0.2) is 0 Å². The van der Waals surface area contributed by atoms with Gasteiger partial charge in [0.2, 0.25) is 5.91 Å². The Bertz CT molecular complexity index is 506. The molecule has 0 radical (unpaired) electrons. The van der Waals surface area contributed by atoms with Crippen LogP contribution in [-0.4, -0.2) is 23.0 Å². The molecule has 0 saturated heterocycles. The molecule has 1 aromatic carbocycles. The predicted octanol–water partition coefficient (Wildman–Crippen LogP) is 2.62. The third-order valence-electron chi connectivity index (χ3n) is 2.92. The van der Waals surface area contributed by atoms with Gasteiger partial charge in [0.05, 0.1) is 0 Å². The summed E-state index contributed by atoms with van der Waals surface area (Å²) in [5, 5.41) is 11.6. The van der Waals surface area contributed by atoms with E-state index >= 15 is 0 Å². The molecule has 108 valence electrons. The number of carbonyl (C=O) groups excluding carboxylic acids is 1. The lowest BCUT2D eigenvalue weighted by molar-refractivity contribution is -0.141. The van der Waals surface area contributed by atoms with E-state index in [2.05, 4.69) is 5.32 Å². The molecule has 4 heteroatoms. The minimum atomic E-state index is -1.00. The van der Waals surface area contributed by atoms with Crippen molar-refractivity contribution >= 4 is 18.0 Å². The van der Waals surface area contributed by atoms with Crippen molar-refractivity contribution in [3.05, 3.63) is 41.5 Å². The Balaban J connectivity index is 2.66. The monoisotopic (exact) mass is 275 g/mol. The van der Waals surface area contributed by atoms with Crippen LogP contribution in [0.5, 0.6) is 0 Å². The van der Waals surface area contributed by atoms with Crippen molar-refractivity contribution in [2.24, 2.45) is 5.92 Å². The number of benzene rings is 1. The number of amides is 1. The molecule has 0 fully saturated rings. The van der Waals surface area contributed by atoms with Crippen molar-refractivity contribution in [3.8, 4) is 0 Å². The average molecular weight is 275 g/mol. The van der Waals surface area contributed by atoms with Gasteiger partial charge >= 0.3 is 5.97 Å². The van der Waals surface area contributed by atoms with Crippen LogP contribution in [0.15, 0.2) is 30.3 Å². The highest BCUT2D eigenvalue weighted by molar-refractivity contribution is 5.94. The maximum Gasteiger partial charge on any atom is 0.326 e. The second-order valence-corrected chi connectivity index (χ2v) is 5.22. The molecule has 1 rings (SSSR count). The fraction of sp³-hybridized carbons (Fsp3) is 0.375.